The highest BCUT2D eigenvalue weighted by Gasteiger charge is 2.37. The zero-order chi connectivity index (χ0) is 18.6. The number of hydrogen-bond acceptors (Lipinski definition) is 6. The molecule has 0 saturated carbocycles. The van der Waals surface area contributed by atoms with Gasteiger partial charge < -0.3 is 14.4 Å². The average molecular weight is 370 g/mol. The number of carbonyl (C=O) groups excluding carboxylic acids is 1. The van der Waals surface area contributed by atoms with Gasteiger partial charge in [0.05, 0.1) is 24.6 Å². The predicted octanol–water partition coefficient (Wildman–Crippen LogP) is 1.34. The number of likely N-dealkylation sites (tertiary alicyclic amines) is 2. The molecule has 27 heavy (non-hydrogen) atoms. The van der Waals surface area contributed by atoms with Crippen molar-refractivity contribution in [3.05, 3.63) is 48.4 Å². The molecule has 0 radical (unpaired) electrons. The number of aromatic nitrogens is 2. The highest BCUT2D eigenvalue weighted by Crippen LogP contribution is 2.26. The van der Waals surface area contributed by atoms with Gasteiger partial charge in [0.25, 0.3) is 0 Å². The minimum atomic E-state index is -0.491. The van der Waals surface area contributed by atoms with E-state index in [1.807, 2.05) is 17.0 Å². The summed E-state index contributed by atoms with van der Waals surface area (Å²) in [7, 11) is 0. The minimum Gasteiger partial charge on any atom is -0.468 e. The molecule has 2 atom stereocenters. The molecule has 0 spiro atoms. The maximum absolute atomic E-state index is 12.9. The normalized spacial score (nSPS) is 24.4. The van der Waals surface area contributed by atoms with Gasteiger partial charge in [0, 0.05) is 43.5 Å². The molecule has 1 N–H and O–H groups in total. The Balaban J connectivity index is 1.27. The first-order valence-electron chi connectivity index (χ1n) is 9.65. The number of β-amino-alcohol motifs (C(OH)–C–C–N with tert-alkyl or cyclic N) is 1. The average Bonchev–Trinajstić information content (AvgIpc) is 3.33. The maximum atomic E-state index is 12.9. The first kappa shape index (κ1) is 18.1. The van der Waals surface area contributed by atoms with Crippen LogP contribution in [0.4, 0.5) is 0 Å². The fraction of sp³-hybridized carbons (Fsp3) is 0.550. The monoisotopic (exact) mass is 370 g/mol. The van der Waals surface area contributed by atoms with Crippen LogP contribution in [-0.4, -0.2) is 63.1 Å². The van der Waals surface area contributed by atoms with Gasteiger partial charge in [-0.2, -0.15) is 0 Å². The first-order chi connectivity index (χ1) is 13.2. The molecule has 0 aliphatic carbocycles. The Kier molecular flexibility index (Phi) is 5.50. The van der Waals surface area contributed by atoms with Crippen molar-refractivity contribution in [3.8, 4) is 0 Å². The van der Waals surface area contributed by atoms with Gasteiger partial charge >= 0.3 is 0 Å². The van der Waals surface area contributed by atoms with Crippen LogP contribution >= 0.6 is 0 Å². The van der Waals surface area contributed by atoms with Gasteiger partial charge in [-0.15, -0.1) is 0 Å². The van der Waals surface area contributed by atoms with Crippen LogP contribution in [0.15, 0.2) is 41.4 Å². The summed E-state index contributed by atoms with van der Waals surface area (Å²) in [5, 5.41) is 10.4. The SMILES string of the molecule is O=C(C1CCN(Cc2ccco2)CC1)N1C[C@@H](Cc2cnccn2)[C@H](O)C1. The Hall–Kier alpha value is -2.25. The molecule has 0 unspecified atom stereocenters. The molecule has 1 amide bonds. The first-order valence-corrected chi connectivity index (χ1v) is 9.65. The molecule has 4 heterocycles. The van der Waals surface area contributed by atoms with E-state index in [1.54, 1.807) is 24.9 Å². The smallest absolute Gasteiger partial charge is 0.225 e. The highest BCUT2D eigenvalue weighted by molar-refractivity contribution is 5.79. The van der Waals surface area contributed by atoms with E-state index in [-0.39, 0.29) is 17.7 Å². The standard InChI is InChI=1S/C20H26N4O3/c25-19-14-24(12-16(19)10-17-11-21-5-6-22-17)20(26)15-3-7-23(8-4-15)13-18-2-1-9-27-18/h1-2,5-6,9,11,15-16,19,25H,3-4,7-8,10,12-14H2/t16-,19-/m1/s1. The number of furan rings is 1. The van der Waals surface area contributed by atoms with Crippen molar-refractivity contribution in [3.63, 3.8) is 0 Å². The zero-order valence-electron chi connectivity index (χ0n) is 15.4. The van der Waals surface area contributed by atoms with Crippen LogP contribution in [0, 0.1) is 11.8 Å². The van der Waals surface area contributed by atoms with Gasteiger partial charge in [-0.25, -0.2) is 0 Å². The van der Waals surface area contributed by atoms with Crippen LogP contribution in [0.25, 0.3) is 0 Å². The van der Waals surface area contributed by atoms with E-state index in [0.717, 1.165) is 43.9 Å². The molecule has 2 fully saturated rings. The molecule has 4 rings (SSSR count). The Morgan fingerprint density at radius 2 is 2.11 bits per heavy atom. The molecule has 7 nitrogen and oxygen atoms in total. The third-order valence-corrected chi connectivity index (χ3v) is 5.70. The molecule has 2 aliphatic rings. The fourth-order valence-corrected chi connectivity index (χ4v) is 4.16. The van der Waals surface area contributed by atoms with Crippen LogP contribution < -0.4 is 0 Å². The molecule has 2 saturated heterocycles. The lowest BCUT2D eigenvalue weighted by Crippen LogP contribution is -2.41. The van der Waals surface area contributed by atoms with Crippen molar-refractivity contribution in [1.82, 2.24) is 19.8 Å². The van der Waals surface area contributed by atoms with Crippen LogP contribution in [0.1, 0.15) is 24.3 Å². The summed E-state index contributed by atoms with van der Waals surface area (Å²) < 4.78 is 5.41. The van der Waals surface area contributed by atoms with Gasteiger partial charge in [0.2, 0.25) is 5.91 Å². The summed E-state index contributed by atoms with van der Waals surface area (Å²) in [4.78, 5) is 25.5. The number of rotatable bonds is 5. The predicted molar refractivity (Wildman–Crippen MR) is 98.5 cm³/mol. The lowest BCUT2D eigenvalue weighted by atomic mass is 9.95. The summed E-state index contributed by atoms with van der Waals surface area (Å²) in [6, 6.07) is 3.89. The van der Waals surface area contributed by atoms with Crippen molar-refractivity contribution < 1.29 is 14.3 Å². The third kappa shape index (κ3) is 4.36. The summed E-state index contributed by atoms with van der Waals surface area (Å²) in [6.45, 7) is 3.63. The van der Waals surface area contributed by atoms with Crippen LogP contribution in [0.5, 0.6) is 0 Å². The van der Waals surface area contributed by atoms with Crippen molar-refractivity contribution in [2.75, 3.05) is 26.2 Å². The zero-order valence-corrected chi connectivity index (χ0v) is 15.4. The lowest BCUT2D eigenvalue weighted by Gasteiger charge is -2.32. The fourth-order valence-electron chi connectivity index (χ4n) is 4.16. The second-order valence-electron chi connectivity index (χ2n) is 7.60. The van der Waals surface area contributed by atoms with Gasteiger partial charge in [0.1, 0.15) is 5.76 Å². The molecule has 2 aromatic rings. The molecule has 0 bridgehead atoms. The number of piperidine rings is 1. The summed E-state index contributed by atoms with van der Waals surface area (Å²) in [6.07, 6.45) is 8.62. The van der Waals surface area contributed by atoms with Crippen molar-refractivity contribution in [1.29, 1.82) is 0 Å². The minimum absolute atomic E-state index is 0.0321. The van der Waals surface area contributed by atoms with E-state index in [1.165, 1.54) is 0 Å². The van der Waals surface area contributed by atoms with Gasteiger partial charge in [-0.05, 0) is 44.5 Å². The molecular weight excluding hydrogens is 344 g/mol. The van der Waals surface area contributed by atoms with Crippen LogP contribution in [0.2, 0.25) is 0 Å². The van der Waals surface area contributed by atoms with Gasteiger partial charge in [-0.1, -0.05) is 0 Å². The number of aliphatic hydroxyl groups is 1. The topological polar surface area (TPSA) is 82.7 Å². The maximum Gasteiger partial charge on any atom is 0.225 e. The molecule has 2 aliphatic heterocycles. The Morgan fingerprint density at radius 1 is 1.26 bits per heavy atom. The number of aliphatic hydroxyl groups excluding tert-OH is 1. The van der Waals surface area contributed by atoms with E-state index < -0.39 is 6.10 Å². The molecular formula is C20H26N4O3. The second-order valence-corrected chi connectivity index (χ2v) is 7.60. The number of carbonyl (C=O) groups is 1. The molecule has 2 aromatic heterocycles. The Bertz CT molecular complexity index is 729. The lowest BCUT2D eigenvalue weighted by molar-refractivity contribution is -0.136. The second kappa shape index (κ2) is 8.19. The molecule has 7 heteroatoms. The van der Waals surface area contributed by atoms with E-state index >= 15 is 0 Å². The number of hydrogen-bond donors (Lipinski definition) is 1. The van der Waals surface area contributed by atoms with Gasteiger partial charge in [0.15, 0.2) is 0 Å². The number of amides is 1. The quantitative estimate of drug-likeness (QED) is 0.855. The van der Waals surface area contributed by atoms with Crippen LogP contribution in [-0.2, 0) is 17.8 Å². The van der Waals surface area contributed by atoms with E-state index in [4.69, 9.17) is 4.42 Å². The van der Waals surface area contributed by atoms with Crippen molar-refractivity contribution in [2.24, 2.45) is 11.8 Å². The van der Waals surface area contributed by atoms with E-state index in [0.29, 0.717) is 19.5 Å². The third-order valence-electron chi connectivity index (χ3n) is 5.70. The van der Waals surface area contributed by atoms with E-state index in [9.17, 15) is 9.90 Å². The summed E-state index contributed by atoms with van der Waals surface area (Å²) >= 11 is 0. The Labute approximate surface area is 159 Å². The Morgan fingerprint density at radius 3 is 2.81 bits per heavy atom. The number of nitrogens with zero attached hydrogens (tertiary/aromatic N) is 4. The largest absolute Gasteiger partial charge is 0.468 e. The summed E-state index contributed by atoms with van der Waals surface area (Å²) in [5.74, 6) is 1.24. The highest BCUT2D eigenvalue weighted by atomic mass is 16.3. The molecule has 0 aromatic carbocycles. The molecule has 144 valence electrons. The van der Waals surface area contributed by atoms with Gasteiger partial charge in [-0.3, -0.25) is 19.7 Å². The summed E-state index contributed by atoms with van der Waals surface area (Å²) in [5.41, 5.74) is 0.863. The van der Waals surface area contributed by atoms with E-state index in [2.05, 4.69) is 14.9 Å². The van der Waals surface area contributed by atoms with Crippen molar-refractivity contribution >= 4 is 5.91 Å². The van der Waals surface area contributed by atoms with Crippen molar-refractivity contribution in [2.45, 2.75) is 31.9 Å². The van der Waals surface area contributed by atoms with Crippen LogP contribution in [0.3, 0.4) is 0 Å².